The van der Waals surface area contributed by atoms with E-state index in [0.717, 1.165) is 11.1 Å². The Balaban J connectivity index is 1.75. The first-order valence-corrected chi connectivity index (χ1v) is 12.1. The van der Waals surface area contributed by atoms with Crippen LogP contribution in [0.2, 0.25) is 0 Å². The Morgan fingerprint density at radius 1 is 0.857 bits per heavy atom. The predicted octanol–water partition coefficient (Wildman–Crippen LogP) is 2.94. The smallest absolute Gasteiger partial charge is 0.243 e. The quantitative estimate of drug-likeness (QED) is 0.739. The summed E-state index contributed by atoms with van der Waals surface area (Å²) in [6.45, 7) is 4.19. The second-order valence-corrected chi connectivity index (χ2v) is 11.2. The van der Waals surface area contributed by atoms with Crippen LogP contribution in [-0.2, 0) is 19.9 Å². The highest BCUT2D eigenvalue weighted by molar-refractivity contribution is 7.92. The number of hydrogen-bond acceptors (Lipinski definition) is 5. The maximum Gasteiger partial charge on any atom is 0.243 e. The summed E-state index contributed by atoms with van der Waals surface area (Å²) in [5.41, 5.74) is 1.95. The molecule has 0 atom stereocenters. The molecule has 0 unspecified atom stereocenters. The summed E-state index contributed by atoms with van der Waals surface area (Å²) in [4.78, 5) is 0.496. The van der Waals surface area contributed by atoms with Gasteiger partial charge in [0.05, 0.1) is 22.2 Å². The minimum absolute atomic E-state index is 0.190. The number of aryl methyl sites for hydroxylation is 2. The standard InChI is InChI=1S/C20H25NO5S2/c1-15-4-7-20(14-16(15)2)28(24,25)21-12-10-19(11-13-21)27(22,23)18-8-5-17(26-3)6-9-18/h4-9,14,19H,10-13H2,1-3H3. The first kappa shape index (κ1) is 20.8. The lowest BCUT2D eigenvalue weighted by molar-refractivity contribution is 0.345. The number of nitrogens with zero attached hydrogens (tertiary/aromatic N) is 1. The zero-order valence-electron chi connectivity index (χ0n) is 16.3. The van der Waals surface area contributed by atoms with Crippen molar-refractivity contribution in [3.05, 3.63) is 53.6 Å². The van der Waals surface area contributed by atoms with Crippen LogP contribution in [0.15, 0.2) is 52.3 Å². The zero-order valence-corrected chi connectivity index (χ0v) is 17.9. The fourth-order valence-corrected chi connectivity index (χ4v) is 6.65. The van der Waals surface area contributed by atoms with Crippen LogP contribution >= 0.6 is 0 Å². The molecule has 0 aliphatic carbocycles. The van der Waals surface area contributed by atoms with E-state index in [1.54, 1.807) is 30.3 Å². The van der Waals surface area contributed by atoms with E-state index in [1.807, 2.05) is 13.8 Å². The van der Waals surface area contributed by atoms with Crippen LogP contribution in [-0.4, -0.2) is 46.6 Å². The average molecular weight is 424 g/mol. The molecule has 1 heterocycles. The molecule has 1 aliphatic heterocycles. The molecule has 3 rings (SSSR count). The molecule has 0 aromatic heterocycles. The summed E-state index contributed by atoms with van der Waals surface area (Å²) in [5.74, 6) is 0.591. The maximum atomic E-state index is 12.9. The Bertz CT molecular complexity index is 1050. The van der Waals surface area contributed by atoms with Gasteiger partial charge in [-0.1, -0.05) is 6.07 Å². The van der Waals surface area contributed by atoms with E-state index in [9.17, 15) is 16.8 Å². The van der Waals surface area contributed by atoms with Crippen molar-refractivity contribution in [2.45, 2.75) is 41.7 Å². The van der Waals surface area contributed by atoms with E-state index in [-0.39, 0.29) is 35.7 Å². The van der Waals surface area contributed by atoms with E-state index in [2.05, 4.69) is 0 Å². The summed E-state index contributed by atoms with van der Waals surface area (Å²) >= 11 is 0. The van der Waals surface area contributed by atoms with Gasteiger partial charge in [0.25, 0.3) is 0 Å². The van der Waals surface area contributed by atoms with Gasteiger partial charge in [0, 0.05) is 13.1 Å². The number of rotatable bonds is 5. The molecule has 0 amide bonds. The summed E-state index contributed by atoms with van der Waals surface area (Å²) in [7, 11) is -5.61. The van der Waals surface area contributed by atoms with Gasteiger partial charge in [-0.3, -0.25) is 0 Å². The molecule has 0 radical (unpaired) electrons. The first-order chi connectivity index (χ1) is 13.2. The molecule has 0 N–H and O–H groups in total. The van der Waals surface area contributed by atoms with E-state index in [1.165, 1.54) is 23.5 Å². The van der Waals surface area contributed by atoms with Gasteiger partial charge in [0.1, 0.15) is 5.75 Å². The Hall–Kier alpha value is -1.90. The second-order valence-electron chi connectivity index (χ2n) is 7.07. The number of hydrogen-bond donors (Lipinski definition) is 0. The molecular weight excluding hydrogens is 398 g/mol. The van der Waals surface area contributed by atoms with Gasteiger partial charge in [-0.25, -0.2) is 16.8 Å². The van der Waals surface area contributed by atoms with Crippen LogP contribution in [0, 0.1) is 13.8 Å². The Morgan fingerprint density at radius 3 is 1.96 bits per heavy atom. The molecule has 0 bridgehead atoms. The van der Waals surface area contributed by atoms with Crippen molar-refractivity contribution in [1.29, 1.82) is 0 Å². The van der Waals surface area contributed by atoms with Crippen LogP contribution < -0.4 is 4.74 Å². The molecule has 8 heteroatoms. The summed E-state index contributed by atoms with van der Waals surface area (Å²) in [6, 6.07) is 11.4. The minimum Gasteiger partial charge on any atom is -0.497 e. The summed E-state index contributed by atoms with van der Waals surface area (Å²) < 4.78 is 58.0. The largest absolute Gasteiger partial charge is 0.497 e. The average Bonchev–Trinajstić information content (AvgIpc) is 2.70. The number of methoxy groups -OCH3 is 1. The number of sulfonamides is 1. The van der Waals surface area contributed by atoms with Crippen molar-refractivity contribution in [2.24, 2.45) is 0 Å². The molecule has 1 fully saturated rings. The summed E-state index contributed by atoms with van der Waals surface area (Å²) in [5, 5.41) is -0.591. The zero-order chi connectivity index (χ0) is 20.5. The lowest BCUT2D eigenvalue weighted by atomic mass is 10.1. The summed E-state index contributed by atoms with van der Waals surface area (Å²) in [6.07, 6.45) is 0.552. The van der Waals surface area contributed by atoms with Crippen molar-refractivity contribution < 1.29 is 21.6 Å². The van der Waals surface area contributed by atoms with Crippen molar-refractivity contribution in [3.63, 3.8) is 0 Å². The molecule has 1 aliphatic rings. The number of piperidine rings is 1. The van der Waals surface area contributed by atoms with E-state index >= 15 is 0 Å². The first-order valence-electron chi connectivity index (χ1n) is 9.11. The highest BCUT2D eigenvalue weighted by atomic mass is 32.2. The minimum atomic E-state index is -3.62. The molecule has 2 aromatic rings. The highest BCUT2D eigenvalue weighted by Crippen LogP contribution is 2.29. The van der Waals surface area contributed by atoms with Gasteiger partial charge in [-0.05, 0) is 74.2 Å². The molecule has 6 nitrogen and oxygen atoms in total. The van der Waals surface area contributed by atoms with Crippen LogP contribution in [0.4, 0.5) is 0 Å². The van der Waals surface area contributed by atoms with E-state index < -0.39 is 25.1 Å². The molecule has 1 saturated heterocycles. The van der Waals surface area contributed by atoms with Crippen LogP contribution in [0.5, 0.6) is 5.75 Å². The maximum absolute atomic E-state index is 12.9. The van der Waals surface area contributed by atoms with Crippen LogP contribution in [0.1, 0.15) is 24.0 Å². The molecule has 2 aromatic carbocycles. The van der Waals surface area contributed by atoms with E-state index in [4.69, 9.17) is 4.74 Å². The van der Waals surface area contributed by atoms with Gasteiger partial charge in [0.2, 0.25) is 10.0 Å². The van der Waals surface area contributed by atoms with Crippen LogP contribution in [0.3, 0.4) is 0 Å². The normalized spacial score (nSPS) is 16.8. The number of ether oxygens (including phenoxy) is 1. The number of sulfone groups is 1. The van der Waals surface area contributed by atoms with Gasteiger partial charge in [-0.15, -0.1) is 0 Å². The monoisotopic (exact) mass is 423 g/mol. The van der Waals surface area contributed by atoms with Gasteiger partial charge >= 0.3 is 0 Å². The van der Waals surface area contributed by atoms with Crippen molar-refractivity contribution in [3.8, 4) is 5.75 Å². The molecule has 0 spiro atoms. The second kappa shape index (κ2) is 7.85. The third-order valence-corrected chi connectivity index (χ3v) is 9.52. The lowest BCUT2D eigenvalue weighted by Crippen LogP contribution is -2.42. The Kier molecular flexibility index (Phi) is 5.84. The fourth-order valence-electron chi connectivity index (χ4n) is 3.36. The van der Waals surface area contributed by atoms with Gasteiger partial charge in [-0.2, -0.15) is 4.31 Å². The predicted molar refractivity (Wildman–Crippen MR) is 108 cm³/mol. The third-order valence-electron chi connectivity index (χ3n) is 5.34. The van der Waals surface area contributed by atoms with Crippen LogP contribution in [0.25, 0.3) is 0 Å². The van der Waals surface area contributed by atoms with Gasteiger partial charge in [0.15, 0.2) is 9.84 Å². The third kappa shape index (κ3) is 3.94. The number of benzene rings is 2. The fraction of sp³-hybridized carbons (Fsp3) is 0.400. The van der Waals surface area contributed by atoms with Crippen molar-refractivity contribution in [1.82, 2.24) is 4.31 Å². The molecule has 28 heavy (non-hydrogen) atoms. The SMILES string of the molecule is COc1ccc(S(=O)(=O)C2CCN(S(=O)(=O)c3ccc(C)c(C)c3)CC2)cc1. The van der Waals surface area contributed by atoms with E-state index in [0.29, 0.717) is 5.75 Å². The molecule has 152 valence electrons. The Labute approximate surface area is 167 Å². The van der Waals surface area contributed by atoms with Crippen molar-refractivity contribution >= 4 is 19.9 Å². The highest BCUT2D eigenvalue weighted by Gasteiger charge is 2.35. The lowest BCUT2D eigenvalue weighted by Gasteiger charge is -2.31. The molecular formula is C20H25NO5S2. The Morgan fingerprint density at radius 2 is 1.43 bits per heavy atom. The topological polar surface area (TPSA) is 80.8 Å². The van der Waals surface area contributed by atoms with Crippen molar-refractivity contribution in [2.75, 3.05) is 20.2 Å². The molecule has 0 saturated carbocycles. The van der Waals surface area contributed by atoms with Gasteiger partial charge < -0.3 is 4.74 Å².